The van der Waals surface area contributed by atoms with E-state index in [4.69, 9.17) is 14.2 Å². The van der Waals surface area contributed by atoms with E-state index in [-0.39, 0.29) is 17.9 Å². The fraction of sp³-hybridized carbons (Fsp3) is 0.625. The highest BCUT2D eigenvalue weighted by atomic mass is 16.7. The molecule has 2 heterocycles. The lowest BCUT2D eigenvalue weighted by Crippen LogP contribution is -2.66. The molecule has 2 bridgehead atoms. The van der Waals surface area contributed by atoms with Crippen LogP contribution in [-0.4, -0.2) is 44.4 Å². The lowest BCUT2D eigenvalue weighted by atomic mass is 9.51. The van der Waals surface area contributed by atoms with Crippen LogP contribution in [0.15, 0.2) is 35.5 Å². The van der Waals surface area contributed by atoms with Crippen molar-refractivity contribution in [3.63, 3.8) is 0 Å². The van der Waals surface area contributed by atoms with Gasteiger partial charge in [-0.2, -0.15) is 0 Å². The van der Waals surface area contributed by atoms with Gasteiger partial charge in [0.25, 0.3) is 0 Å². The minimum absolute atomic E-state index is 0.00850. The fourth-order valence-corrected chi connectivity index (χ4v) is 4.60. The second-order valence-electron chi connectivity index (χ2n) is 5.96. The average molecular weight is 276 g/mol. The minimum Gasteiger partial charge on any atom is -0.392 e. The summed E-state index contributed by atoms with van der Waals surface area (Å²) in [6.07, 6.45) is 9.58. The first-order valence-electron chi connectivity index (χ1n) is 7.27. The van der Waals surface area contributed by atoms with Gasteiger partial charge in [0.2, 0.25) is 5.79 Å². The summed E-state index contributed by atoms with van der Waals surface area (Å²) in [5.41, 5.74) is 2.06. The molecule has 2 aliphatic heterocycles. The Morgan fingerprint density at radius 3 is 3.25 bits per heavy atom. The Hall–Kier alpha value is -0.940. The van der Waals surface area contributed by atoms with E-state index in [2.05, 4.69) is 18.2 Å². The Morgan fingerprint density at radius 1 is 1.55 bits per heavy atom. The zero-order chi connectivity index (χ0) is 13.8. The van der Waals surface area contributed by atoms with Gasteiger partial charge in [0, 0.05) is 18.9 Å². The van der Waals surface area contributed by atoms with Crippen LogP contribution in [0.1, 0.15) is 6.42 Å². The van der Waals surface area contributed by atoms with E-state index in [0.717, 1.165) is 18.6 Å². The zero-order valence-corrected chi connectivity index (χ0v) is 11.7. The van der Waals surface area contributed by atoms with Gasteiger partial charge in [-0.05, 0) is 17.6 Å². The molecule has 3 aliphatic carbocycles. The normalized spacial score (nSPS) is 47.3. The molecule has 4 nitrogen and oxygen atoms in total. The summed E-state index contributed by atoms with van der Waals surface area (Å²) in [5, 5.41) is 9.39. The highest BCUT2D eigenvalue weighted by Gasteiger charge is 2.67. The average Bonchev–Trinajstić information content (AvgIpc) is 2.50. The first-order chi connectivity index (χ1) is 9.78. The van der Waals surface area contributed by atoms with E-state index >= 15 is 0 Å². The van der Waals surface area contributed by atoms with Crippen LogP contribution in [0.25, 0.3) is 0 Å². The molecule has 5 rings (SSSR count). The smallest absolute Gasteiger partial charge is 0.205 e. The number of aliphatic hydroxyl groups excluding tert-OH is 1. The molecule has 0 amide bonds. The Kier molecular flexibility index (Phi) is 2.73. The van der Waals surface area contributed by atoms with Gasteiger partial charge in [0.05, 0.1) is 31.8 Å². The summed E-state index contributed by atoms with van der Waals surface area (Å²) in [4.78, 5) is 0. The lowest BCUT2D eigenvalue weighted by molar-refractivity contribution is -0.297. The van der Waals surface area contributed by atoms with Gasteiger partial charge in [-0.15, -0.1) is 0 Å². The maximum atomic E-state index is 9.39. The Morgan fingerprint density at radius 2 is 2.45 bits per heavy atom. The van der Waals surface area contributed by atoms with Crippen molar-refractivity contribution in [1.82, 2.24) is 0 Å². The topological polar surface area (TPSA) is 47.9 Å². The Labute approximate surface area is 118 Å². The second kappa shape index (κ2) is 4.28. The van der Waals surface area contributed by atoms with Crippen molar-refractivity contribution in [3.05, 3.63) is 35.5 Å². The van der Waals surface area contributed by atoms with E-state index in [0.29, 0.717) is 19.1 Å². The number of aliphatic hydroxyl groups is 1. The molecular weight excluding hydrogens is 256 g/mol. The molecule has 2 saturated heterocycles. The monoisotopic (exact) mass is 276 g/mol. The quantitative estimate of drug-likeness (QED) is 0.775. The van der Waals surface area contributed by atoms with Crippen molar-refractivity contribution in [3.8, 4) is 0 Å². The highest BCUT2D eigenvalue weighted by molar-refractivity contribution is 5.51. The molecule has 0 aromatic rings. The Balaban J connectivity index is 1.98. The van der Waals surface area contributed by atoms with Gasteiger partial charge in [0.1, 0.15) is 0 Å². The second-order valence-corrected chi connectivity index (χ2v) is 5.96. The number of allylic oxidation sites excluding steroid dienone is 2. The molecule has 0 saturated carbocycles. The van der Waals surface area contributed by atoms with E-state index in [1.54, 1.807) is 7.11 Å². The molecular formula is C16H20O4. The molecule has 0 aromatic heterocycles. The van der Waals surface area contributed by atoms with Crippen LogP contribution < -0.4 is 0 Å². The van der Waals surface area contributed by atoms with Crippen LogP contribution in [0.2, 0.25) is 0 Å². The predicted octanol–water partition coefficient (Wildman–Crippen LogP) is 1.43. The summed E-state index contributed by atoms with van der Waals surface area (Å²) in [6, 6.07) is 0. The first kappa shape index (κ1) is 12.8. The SMILES string of the molecule is CO[C@@]12OCC[C@H]3COCC4=C[C@H](C=C[C@@]431)/C2=C\CO. The summed E-state index contributed by atoms with van der Waals surface area (Å²) in [6.45, 7) is 2.07. The molecule has 0 unspecified atom stereocenters. The van der Waals surface area contributed by atoms with Gasteiger partial charge in [-0.25, -0.2) is 0 Å². The zero-order valence-electron chi connectivity index (χ0n) is 11.7. The van der Waals surface area contributed by atoms with Crippen LogP contribution in [0.4, 0.5) is 0 Å². The van der Waals surface area contributed by atoms with E-state index in [1.807, 2.05) is 6.08 Å². The Bertz CT molecular complexity index is 519. The molecule has 1 spiro atoms. The lowest BCUT2D eigenvalue weighted by Gasteiger charge is -2.63. The molecule has 4 atom stereocenters. The van der Waals surface area contributed by atoms with Gasteiger partial charge in [-0.3, -0.25) is 0 Å². The third-order valence-corrected chi connectivity index (χ3v) is 5.35. The summed E-state index contributed by atoms with van der Waals surface area (Å²) in [7, 11) is 1.71. The number of ether oxygens (including phenoxy) is 3. The number of hydrogen-bond acceptors (Lipinski definition) is 4. The first-order valence-corrected chi connectivity index (χ1v) is 7.27. The highest BCUT2D eigenvalue weighted by Crippen LogP contribution is 2.64. The largest absolute Gasteiger partial charge is 0.392 e. The molecule has 1 N–H and O–H groups in total. The van der Waals surface area contributed by atoms with Crippen LogP contribution in [0.5, 0.6) is 0 Å². The standard InChI is InChI=1S/C16H20O4/c1-18-16-14(3-6-17)11-2-5-15(16)12(4-7-20-16)9-19-10-13(15)8-11/h2-3,5,8,11-12,17H,4,6-7,9-10H2,1H3/b14-3+/t11-,12-,15-,16-/m0/s1. The molecule has 2 fully saturated rings. The molecule has 5 aliphatic rings. The van der Waals surface area contributed by atoms with E-state index < -0.39 is 5.79 Å². The number of methoxy groups -OCH3 is 1. The minimum atomic E-state index is -0.758. The van der Waals surface area contributed by atoms with Crippen LogP contribution >= 0.6 is 0 Å². The van der Waals surface area contributed by atoms with Crippen LogP contribution in [0.3, 0.4) is 0 Å². The van der Waals surface area contributed by atoms with Crippen LogP contribution in [-0.2, 0) is 14.2 Å². The van der Waals surface area contributed by atoms with Crippen molar-refractivity contribution >= 4 is 0 Å². The maximum absolute atomic E-state index is 9.39. The van der Waals surface area contributed by atoms with Gasteiger partial charge in [-0.1, -0.05) is 24.3 Å². The molecule has 20 heavy (non-hydrogen) atoms. The third kappa shape index (κ3) is 1.26. The van der Waals surface area contributed by atoms with Crippen LogP contribution in [0, 0.1) is 17.3 Å². The number of rotatable bonds is 2. The summed E-state index contributed by atoms with van der Waals surface area (Å²) in [5.74, 6) is -0.249. The van der Waals surface area contributed by atoms with E-state index in [1.165, 1.54) is 5.57 Å². The maximum Gasteiger partial charge on any atom is 0.205 e. The van der Waals surface area contributed by atoms with Crippen molar-refractivity contribution in [2.45, 2.75) is 12.2 Å². The summed E-state index contributed by atoms with van der Waals surface area (Å²) < 4.78 is 17.9. The van der Waals surface area contributed by atoms with Gasteiger partial charge in [0.15, 0.2) is 0 Å². The van der Waals surface area contributed by atoms with E-state index in [9.17, 15) is 5.11 Å². The van der Waals surface area contributed by atoms with Crippen molar-refractivity contribution < 1.29 is 19.3 Å². The summed E-state index contributed by atoms with van der Waals surface area (Å²) >= 11 is 0. The number of hydrogen-bond donors (Lipinski definition) is 1. The molecule has 4 heteroatoms. The molecule has 0 radical (unpaired) electrons. The predicted molar refractivity (Wildman–Crippen MR) is 72.9 cm³/mol. The van der Waals surface area contributed by atoms with Gasteiger partial charge >= 0.3 is 0 Å². The van der Waals surface area contributed by atoms with Crippen molar-refractivity contribution in [2.75, 3.05) is 33.5 Å². The molecule has 0 aromatic carbocycles. The van der Waals surface area contributed by atoms with Gasteiger partial charge < -0.3 is 19.3 Å². The fourth-order valence-electron chi connectivity index (χ4n) is 4.60. The van der Waals surface area contributed by atoms with Crippen molar-refractivity contribution in [1.29, 1.82) is 0 Å². The molecule has 108 valence electrons. The van der Waals surface area contributed by atoms with Crippen molar-refractivity contribution in [2.24, 2.45) is 17.3 Å². The third-order valence-electron chi connectivity index (χ3n) is 5.35.